The van der Waals surface area contributed by atoms with Crippen LogP contribution >= 0.6 is 0 Å². The molecule has 0 unspecified atom stereocenters. The zero-order chi connectivity index (χ0) is 17.0. The molecule has 0 aliphatic rings. The molecule has 6 nitrogen and oxygen atoms in total. The Morgan fingerprint density at radius 1 is 0.696 bits per heavy atom. The molecule has 9 heteroatoms. The molecule has 0 fully saturated rings. The second kappa shape index (κ2) is 8.57. The van der Waals surface area contributed by atoms with Crippen molar-refractivity contribution in [1.29, 1.82) is 0 Å². The molecule has 2 aromatic rings. The molecule has 23 heavy (non-hydrogen) atoms. The van der Waals surface area contributed by atoms with E-state index in [4.69, 9.17) is 0 Å². The van der Waals surface area contributed by atoms with Crippen LogP contribution in [-0.4, -0.2) is 25.9 Å². The van der Waals surface area contributed by atoms with Gasteiger partial charge in [0.25, 0.3) is 0 Å². The Morgan fingerprint density at radius 2 is 1.00 bits per heavy atom. The summed E-state index contributed by atoms with van der Waals surface area (Å²) in [6.45, 7) is 3.46. The van der Waals surface area contributed by atoms with Gasteiger partial charge in [0.05, 0.1) is 9.79 Å². The largest absolute Gasteiger partial charge is 2.00 e. The molecular weight excluding hydrogens is 387 g/mol. The Kier molecular flexibility index (Phi) is 8.11. The summed E-state index contributed by atoms with van der Waals surface area (Å²) in [4.78, 5) is -0.338. The van der Waals surface area contributed by atoms with E-state index in [0.29, 0.717) is 0 Å². The molecule has 1 radical (unpaired) electrons. The van der Waals surface area contributed by atoms with Crippen molar-refractivity contribution in [3.63, 3.8) is 0 Å². The third-order valence-corrected chi connectivity index (χ3v) is 4.22. The van der Waals surface area contributed by atoms with Crippen LogP contribution in [0.5, 0.6) is 0 Å². The Hall–Kier alpha value is -1.23. The van der Waals surface area contributed by atoms with Crippen molar-refractivity contribution in [1.82, 2.24) is 0 Å². The van der Waals surface area contributed by atoms with Crippen LogP contribution in [0.1, 0.15) is 11.1 Å². The van der Waals surface area contributed by atoms with Crippen LogP contribution < -0.4 is 0 Å². The molecule has 0 bridgehead atoms. The molecular formula is C14H14CoO6S2. The minimum atomic E-state index is -4.28. The van der Waals surface area contributed by atoms with Crippen molar-refractivity contribution in [2.24, 2.45) is 0 Å². The molecule has 0 amide bonds. The third kappa shape index (κ3) is 7.73. The molecule has 0 saturated heterocycles. The summed E-state index contributed by atoms with van der Waals surface area (Å²) in [5.74, 6) is 0. The fraction of sp³-hybridized carbons (Fsp3) is 0.143. The molecule has 0 heterocycles. The molecule has 2 aromatic carbocycles. The maximum Gasteiger partial charge on any atom is 2.00 e. The number of hydrogen-bond donors (Lipinski definition) is 0. The van der Waals surface area contributed by atoms with Gasteiger partial charge in [0.1, 0.15) is 20.2 Å². The van der Waals surface area contributed by atoms with Gasteiger partial charge in [0.15, 0.2) is 0 Å². The first-order chi connectivity index (χ1) is 10.00. The first-order valence-electron chi connectivity index (χ1n) is 6.05. The Labute approximate surface area is 146 Å². The number of benzene rings is 2. The van der Waals surface area contributed by atoms with Crippen LogP contribution in [0.3, 0.4) is 0 Å². The van der Waals surface area contributed by atoms with Gasteiger partial charge >= 0.3 is 16.8 Å². The van der Waals surface area contributed by atoms with Gasteiger partial charge in [0, 0.05) is 0 Å². The molecule has 0 N–H and O–H groups in total. The van der Waals surface area contributed by atoms with Crippen molar-refractivity contribution >= 4 is 20.2 Å². The van der Waals surface area contributed by atoms with Crippen LogP contribution in [0.4, 0.5) is 0 Å². The number of hydrogen-bond acceptors (Lipinski definition) is 6. The summed E-state index contributed by atoms with van der Waals surface area (Å²) in [6, 6.07) is 11.8. The van der Waals surface area contributed by atoms with Gasteiger partial charge in [-0.3, -0.25) is 0 Å². The van der Waals surface area contributed by atoms with Gasteiger partial charge in [-0.25, -0.2) is 16.8 Å². The van der Waals surface area contributed by atoms with E-state index in [0.717, 1.165) is 11.1 Å². The van der Waals surface area contributed by atoms with Crippen LogP contribution in [0, 0.1) is 13.8 Å². The van der Waals surface area contributed by atoms with Crippen LogP contribution in [0.2, 0.25) is 0 Å². The average molecular weight is 401 g/mol. The van der Waals surface area contributed by atoms with Gasteiger partial charge in [-0.05, 0) is 49.2 Å². The van der Waals surface area contributed by atoms with Crippen molar-refractivity contribution in [3.8, 4) is 0 Å². The first kappa shape index (κ1) is 21.8. The minimum absolute atomic E-state index is 0. The van der Waals surface area contributed by atoms with Crippen LogP contribution in [-0.2, 0) is 37.0 Å². The summed E-state index contributed by atoms with van der Waals surface area (Å²) in [5.41, 5.74) is 1.53. The molecule has 0 aliphatic carbocycles. The van der Waals surface area contributed by atoms with Crippen molar-refractivity contribution in [2.45, 2.75) is 23.6 Å². The SMILES string of the molecule is Cc1cccc(S(=O)(=O)[O-])c1.Cc1cccc(S(=O)(=O)[O-])c1.[Co+2]. The molecule has 2 rings (SSSR count). The second-order valence-corrected chi connectivity index (χ2v) is 7.30. The number of aryl methyl sites for hydroxylation is 2. The predicted molar refractivity (Wildman–Crippen MR) is 78.3 cm³/mol. The third-order valence-electron chi connectivity index (χ3n) is 2.56. The fourth-order valence-corrected chi connectivity index (χ4v) is 2.69. The van der Waals surface area contributed by atoms with Crippen molar-refractivity contribution in [2.75, 3.05) is 0 Å². The zero-order valence-corrected chi connectivity index (χ0v) is 14.9. The molecule has 0 aromatic heterocycles. The van der Waals surface area contributed by atoms with E-state index >= 15 is 0 Å². The van der Waals surface area contributed by atoms with Crippen molar-refractivity contribution in [3.05, 3.63) is 59.7 Å². The summed E-state index contributed by atoms with van der Waals surface area (Å²) in [6.07, 6.45) is 0. The van der Waals surface area contributed by atoms with E-state index in [9.17, 15) is 25.9 Å². The number of rotatable bonds is 2. The summed E-state index contributed by atoms with van der Waals surface area (Å²) in [7, 11) is -8.55. The zero-order valence-electron chi connectivity index (χ0n) is 12.2. The standard InChI is InChI=1S/2C7H8O3S.Co/c2*1-6-3-2-4-7(5-6)11(8,9)10;/h2*2-5H,1H3,(H,8,9,10);/q;;+2/p-2. The van der Waals surface area contributed by atoms with E-state index in [1.54, 1.807) is 38.1 Å². The van der Waals surface area contributed by atoms with E-state index in [1.165, 1.54) is 24.3 Å². The summed E-state index contributed by atoms with van der Waals surface area (Å²) >= 11 is 0. The fourth-order valence-electron chi connectivity index (χ4n) is 1.54. The molecule has 0 atom stereocenters. The normalized spacial score (nSPS) is 11.0. The maximum absolute atomic E-state index is 10.4. The van der Waals surface area contributed by atoms with Gasteiger partial charge in [-0.1, -0.05) is 24.3 Å². The van der Waals surface area contributed by atoms with Gasteiger partial charge in [0.2, 0.25) is 0 Å². The van der Waals surface area contributed by atoms with Gasteiger partial charge in [-0.2, -0.15) is 0 Å². The summed E-state index contributed by atoms with van der Waals surface area (Å²) < 4.78 is 62.6. The molecule has 127 valence electrons. The van der Waals surface area contributed by atoms with Crippen LogP contribution in [0.15, 0.2) is 58.3 Å². The van der Waals surface area contributed by atoms with Gasteiger partial charge < -0.3 is 9.11 Å². The Balaban J connectivity index is 0.000000403. The van der Waals surface area contributed by atoms with Gasteiger partial charge in [-0.15, -0.1) is 0 Å². The first-order valence-corrected chi connectivity index (χ1v) is 8.87. The predicted octanol–water partition coefficient (Wildman–Crippen LogP) is 1.80. The maximum atomic E-state index is 10.4. The molecule has 0 spiro atoms. The smallest absolute Gasteiger partial charge is 0.744 e. The minimum Gasteiger partial charge on any atom is -0.744 e. The van der Waals surface area contributed by atoms with Crippen molar-refractivity contribution < 1.29 is 42.7 Å². The van der Waals surface area contributed by atoms with E-state index in [-0.39, 0.29) is 26.6 Å². The molecule has 0 saturated carbocycles. The quantitative estimate of drug-likeness (QED) is 0.709. The van der Waals surface area contributed by atoms with Crippen LogP contribution in [0.25, 0.3) is 0 Å². The average Bonchev–Trinajstić information content (AvgIpc) is 2.37. The Bertz CT molecular complexity index is 787. The summed E-state index contributed by atoms with van der Waals surface area (Å²) in [5, 5.41) is 0. The second-order valence-electron chi connectivity index (χ2n) is 4.54. The Morgan fingerprint density at radius 3 is 1.17 bits per heavy atom. The monoisotopic (exact) mass is 401 g/mol. The van der Waals surface area contributed by atoms with E-state index < -0.39 is 20.2 Å². The molecule has 0 aliphatic heterocycles. The topological polar surface area (TPSA) is 114 Å². The van der Waals surface area contributed by atoms with E-state index in [2.05, 4.69) is 0 Å². The van der Waals surface area contributed by atoms with E-state index in [1.807, 2.05) is 0 Å².